The minimum atomic E-state index is -5.08. The standard InChI is InChI=1S/C18H24N2O2S.C2HF3O2/c1-13(2)8-9-20-10-11-22-15-5-3-4-14(12-15)16-6-7-17(23-16)18(19)21;3-2(4,5)1(6)7/h3-7,12-13,20H,8-11H2,1-2H3,(H2,19,21);(H,6,7). The number of nitrogens with two attached hydrogens (primary N) is 1. The van der Waals surface area contributed by atoms with Gasteiger partial charge in [-0.1, -0.05) is 26.0 Å². The SMILES string of the molecule is CC(C)CCNCCOc1cccc(-c2ccc(C(N)=O)s2)c1.O=C(O)C(F)(F)F. The summed E-state index contributed by atoms with van der Waals surface area (Å²) in [6.45, 7) is 6.93. The normalized spacial score (nSPS) is 11.0. The number of hydrogen-bond acceptors (Lipinski definition) is 5. The van der Waals surface area contributed by atoms with Crippen molar-refractivity contribution < 1.29 is 32.6 Å². The summed E-state index contributed by atoms with van der Waals surface area (Å²) < 4.78 is 37.5. The molecule has 1 aromatic carbocycles. The molecule has 0 unspecified atom stereocenters. The highest BCUT2D eigenvalue weighted by atomic mass is 32.1. The van der Waals surface area contributed by atoms with E-state index in [4.69, 9.17) is 20.4 Å². The molecule has 0 aliphatic rings. The lowest BCUT2D eigenvalue weighted by atomic mass is 10.1. The molecule has 2 aromatic rings. The quantitative estimate of drug-likeness (QED) is 0.502. The van der Waals surface area contributed by atoms with Gasteiger partial charge in [-0.25, -0.2) is 4.79 Å². The molecule has 10 heteroatoms. The molecule has 0 aliphatic heterocycles. The number of thiophene rings is 1. The summed E-state index contributed by atoms with van der Waals surface area (Å²) in [6.07, 6.45) is -3.91. The first-order chi connectivity index (χ1) is 14.0. The van der Waals surface area contributed by atoms with Crippen molar-refractivity contribution in [2.45, 2.75) is 26.4 Å². The number of carboxylic acids is 1. The first-order valence-electron chi connectivity index (χ1n) is 9.14. The molecular formula is C20H25F3N2O4S. The van der Waals surface area contributed by atoms with E-state index in [9.17, 15) is 18.0 Å². The monoisotopic (exact) mass is 446 g/mol. The highest BCUT2D eigenvalue weighted by Gasteiger charge is 2.38. The third kappa shape index (κ3) is 9.75. The highest BCUT2D eigenvalue weighted by Crippen LogP contribution is 2.30. The second-order valence-electron chi connectivity index (χ2n) is 6.64. The fourth-order valence-electron chi connectivity index (χ4n) is 2.12. The zero-order valence-electron chi connectivity index (χ0n) is 16.7. The van der Waals surface area contributed by atoms with Crippen LogP contribution in [0.1, 0.15) is 29.9 Å². The molecule has 0 spiro atoms. The Morgan fingerprint density at radius 1 is 1.20 bits per heavy atom. The number of amides is 1. The number of nitrogens with one attached hydrogen (secondary N) is 1. The Balaban J connectivity index is 0.000000553. The van der Waals surface area contributed by atoms with Gasteiger partial charge in [0, 0.05) is 11.4 Å². The molecule has 0 fully saturated rings. The molecule has 0 radical (unpaired) electrons. The van der Waals surface area contributed by atoms with E-state index in [-0.39, 0.29) is 5.91 Å². The fraction of sp³-hybridized carbons (Fsp3) is 0.400. The van der Waals surface area contributed by atoms with E-state index in [2.05, 4.69) is 19.2 Å². The number of halogens is 3. The van der Waals surface area contributed by atoms with Gasteiger partial charge in [-0.15, -0.1) is 11.3 Å². The summed E-state index contributed by atoms with van der Waals surface area (Å²) in [6, 6.07) is 11.6. The average molecular weight is 446 g/mol. The van der Waals surface area contributed by atoms with Gasteiger partial charge < -0.3 is 20.9 Å². The van der Waals surface area contributed by atoms with Crippen molar-refractivity contribution in [3.05, 3.63) is 41.3 Å². The van der Waals surface area contributed by atoms with Gasteiger partial charge >= 0.3 is 12.1 Å². The van der Waals surface area contributed by atoms with Gasteiger partial charge in [0.1, 0.15) is 12.4 Å². The first kappa shape index (κ1) is 25.4. The van der Waals surface area contributed by atoms with Crippen LogP contribution in [0.2, 0.25) is 0 Å². The van der Waals surface area contributed by atoms with Crippen LogP contribution in [-0.2, 0) is 4.79 Å². The van der Waals surface area contributed by atoms with Crippen molar-refractivity contribution in [1.29, 1.82) is 0 Å². The number of primary amides is 1. The average Bonchev–Trinajstić information content (AvgIpc) is 3.15. The largest absolute Gasteiger partial charge is 0.492 e. The molecule has 0 bridgehead atoms. The van der Waals surface area contributed by atoms with E-state index >= 15 is 0 Å². The Labute approximate surface area is 176 Å². The topological polar surface area (TPSA) is 102 Å². The summed E-state index contributed by atoms with van der Waals surface area (Å²) in [7, 11) is 0. The van der Waals surface area contributed by atoms with Crippen LogP contribution in [0.15, 0.2) is 36.4 Å². The van der Waals surface area contributed by atoms with E-state index in [1.54, 1.807) is 6.07 Å². The first-order valence-corrected chi connectivity index (χ1v) is 9.96. The van der Waals surface area contributed by atoms with Crippen LogP contribution in [0.5, 0.6) is 5.75 Å². The van der Waals surface area contributed by atoms with Gasteiger partial charge in [0.2, 0.25) is 0 Å². The van der Waals surface area contributed by atoms with Crippen molar-refractivity contribution in [2.24, 2.45) is 11.7 Å². The van der Waals surface area contributed by atoms with E-state index in [0.717, 1.165) is 35.2 Å². The molecule has 1 amide bonds. The molecule has 1 aromatic heterocycles. The molecule has 30 heavy (non-hydrogen) atoms. The lowest BCUT2D eigenvalue weighted by molar-refractivity contribution is -0.192. The van der Waals surface area contributed by atoms with Crippen LogP contribution in [0.25, 0.3) is 10.4 Å². The fourth-order valence-corrected chi connectivity index (χ4v) is 2.98. The van der Waals surface area contributed by atoms with Gasteiger partial charge in [-0.05, 0) is 48.7 Å². The summed E-state index contributed by atoms with van der Waals surface area (Å²) >= 11 is 1.40. The van der Waals surface area contributed by atoms with Crippen molar-refractivity contribution in [3.63, 3.8) is 0 Å². The van der Waals surface area contributed by atoms with Gasteiger partial charge in [0.15, 0.2) is 0 Å². The van der Waals surface area contributed by atoms with Crippen LogP contribution in [0, 0.1) is 5.92 Å². The lowest BCUT2D eigenvalue weighted by Gasteiger charge is -2.09. The number of ether oxygens (including phenoxy) is 1. The number of carboxylic acid groups (broad SMARTS) is 1. The van der Waals surface area contributed by atoms with Crippen molar-refractivity contribution in [2.75, 3.05) is 19.7 Å². The maximum atomic E-state index is 11.2. The number of rotatable bonds is 9. The Bertz CT molecular complexity index is 822. The molecule has 1 heterocycles. The van der Waals surface area contributed by atoms with Crippen molar-refractivity contribution >= 4 is 23.2 Å². The molecule has 166 valence electrons. The van der Waals surface area contributed by atoms with Gasteiger partial charge in [0.25, 0.3) is 5.91 Å². The molecule has 0 aliphatic carbocycles. The predicted molar refractivity (Wildman–Crippen MR) is 110 cm³/mol. The van der Waals surface area contributed by atoms with E-state index in [1.165, 1.54) is 17.8 Å². The summed E-state index contributed by atoms with van der Waals surface area (Å²) in [5.41, 5.74) is 6.33. The summed E-state index contributed by atoms with van der Waals surface area (Å²) in [5, 5.41) is 10.5. The van der Waals surface area contributed by atoms with Gasteiger partial charge in [-0.2, -0.15) is 13.2 Å². The molecule has 0 atom stereocenters. The Morgan fingerprint density at radius 2 is 1.87 bits per heavy atom. The Hall–Kier alpha value is -2.59. The smallest absolute Gasteiger partial charge is 0.490 e. The molecule has 0 saturated carbocycles. The zero-order chi connectivity index (χ0) is 22.7. The van der Waals surface area contributed by atoms with Crippen LogP contribution in [0.4, 0.5) is 13.2 Å². The van der Waals surface area contributed by atoms with Crippen molar-refractivity contribution in [1.82, 2.24) is 5.32 Å². The maximum absolute atomic E-state index is 11.2. The third-order valence-electron chi connectivity index (χ3n) is 3.66. The van der Waals surface area contributed by atoms with E-state index in [1.807, 2.05) is 30.3 Å². The number of alkyl halides is 3. The molecule has 2 rings (SSSR count). The number of carbonyl (C=O) groups excluding carboxylic acids is 1. The van der Waals surface area contributed by atoms with Crippen LogP contribution >= 0.6 is 11.3 Å². The molecule has 0 saturated heterocycles. The predicted octanol–water partition coefficient (Wildman–Crippen LogP) is 4.16. The second kappa shape index (κ2) is 12.2. The lowest BCUT2D eigenvalue weighted by Crippen LogP contribution is -2.23. The van der Waals surface area contributed by atoms with Gasteiger partial charge in [0.05, 0.1) is 4.88 Å². The number of benzene rings is 1. The Kier molecular flexibility index (Phi) is 10.3. The molecule has 4 N–H and O–H groups in total. The highest BCUT2D eigenvalue weighted by molar-refractivity contribution is 7.17. The van der Waals surface area contributed by atoms with Gasteiger partial charge in [-0.3, -0.25) is 4.79 Å². The van der Waals surface area contributed by atoms with Crippen LogP contribution < -0.4 is 15.8 Å². The summed E-state index contributed by atoms with van der Waals surface area (Å²) in [5.74, 6) is -1.59. The summed E-state index contributed by atoms with van der Waals surface area (Å²) in [4.78, 5) is 21.7. The third-order valence-corrected chi connectivity index (χ3v) is 4.80. The minimum absolute atomic E-state index is 0.388. The van der Waals surface area contributed by atoms with Crippen LogP contribution in [0.3, 0.4) is 0 Å². The molecular weight excluding hydrogens is 421 g/mol. The van der Waals surface area contributed by atoms with E-state index in [0.29, 0.717) is 11.5 Å². The van der Waals surface area contributed by atoms with Crippen LogP contribution in [-0.4, -0.2) is 42.9 Å². The molecule has 6 nitrogen and oxygen atoms in total. The Morgan fingerprint density at radius 3 is 2.40 bits per heavy atom. The van der Waals surface area contributed by atoms with Crippen molar-refractivity contribution in [3.8, 4) is 16.2 Å². The number of aliphatic carboxylic acids is 1. The maximum Gasteiger partial charge on any atom is 0.490 e. The number of carbonyl (C=O) groups is 2. The minimum Gasteiger partial charge on any atom is -0.492 e. The van der Waals surface area contributed by atoms with E-state index < -0.39 is 12.1 Å². The number of hydrogen-bond donors (Lipinski definition) is 3. The zero-order valence-corrected chi connectivity index (χ0v) is 17.5. The second-order valence-corrected chi connectivity index (χ2v) is 7.72.